The minimum Gasteiger partial charge on any atom is -0.417 e. The van der Waals surface area contributed by atoms with Crippen LogP contribution < -0.4 is 10.1 Å². The van der Waals surface area contributed by atoms with Gasteiger partial charge >= 0.3 is 6.08 Å². The number of aromatic nitrogens is 1. The van der Waals surface area contributed by atoms with Crippen molar-refractivity contribution in [3.8, 4) is 11.8 Å². The van der Waals surface area contributed by atoms with Crippen LogP contribution in [-0.4, -0.2) is 11.0 Å². The third-order valence-electron chi connectivity index (χ3n) is 3.94. The molecule has 1 aliphatic carbocycles. The summed E-state index contributed by atoms with van der Waals surface area (Å²) in [7, 11) is 0. The van der Waals surface area contributed by atoms with Gasteiger partial charge in [-0.3, -0.25) is 0 Å². The molecule has 4 nitrogen and oxygen atoms in total. The van der Waals surface area contributed by atoms with E-state index in [4.69, 9.17) is 9.15 Å². The number of hydrogen-bond donors (Lipinski definition) is 1. The van der Waals surface area contributed by atoms with E-state index >= 15 is 0 Å². The summed E-state index contributed by atoms with van der Waals surface area (Å²) < 4.78 is 11.2. The highest BCUT2D eigenvalue weighted by Gasteiger charge is 2.21. The van der Waals surface area contributed by atoms with Gasteiger partial charge in [0.2, 0.25) is 0 Å². The van der Waals surface area contributed by atoms with Crippen LogP contribution in [0.1, 0.15) is 50.3 Å². The minimum atomic E-state index is 0.318. The first-order chi connectivity index (χ1) is 10.3. The summed E-state index contributed by atoms with van der Waals surface area (Å²) in [5.41, 5.74) is 2.08. The second-order valence-corrected chi connectivity index (χ2v) is 5.71. The van der Waals surface area contributed by atoms with Gasteiger partial charge in [0.15, 0.2) is 0 Å². The van der Waals surface area contributed by atoms with Crippen molar-refractivity contribution in [2.75, 3.05) is 0 Å². The fraction of sp³-hybridized carbons (Fsp3) is 0.471. The van der Waals surface area contributed by atoms with E-state index in [0.29, 0.717) is 18.0 Å². The maximum atomic E-state index is 5.83. The number of rotatable bonds is 7. The zero-order chi connectivity index (χ0) is 14.7. The first kappa shape index (κ1) is 14.1. The van der Waals surface area contributed by atoms with Gasteiger partial charge in [-0.2, -0.15) is 4.98 Å². The molecule has 1 unspecified atom stereocenters. The Kier molecular flexibility index (Phi) is 4.25. The third-order valence-corrected chi connectivity index (χ3v) is 3.94. The summed E-state index contributed by atoms with van der Waals surface area (Å²) in [4.78, 5) is 4.38. The smallest absolute Gasteiger partial charge is 0.399 e. The quantitative estimate of drug-likeness (QED) is 0.827. The standard InChI is InChI=1S/C17H22N2O2/c1-3-12(2)15-6-4-5-7-16(15)21-17-19-14(11-20-17)10-18-13-8-9-13/h4-7,11-13,18H,3,8-10H2,1-2H3. The van der Waals surface area contributed by atoms with E-state index in [1.54, 1.807) is 6.26 Å². The van der Waals surface area contributed by atoms with E-state index in [-0.39, 0.29) is 0 Å². The molecule has 112 valence electrons. The molecule has 1 aromatic carbocycles. The molecule has 0 aliphatic heterocycles. The molecule has 3 rings (SSSR count). The highest BCUT2D eigenvalue weighted by atomic mass is 16.6. The molecular formula is C17H22N2O2. The molecule has 2 aromatic rings. The van der Waals surface area contributed by atoms with Gasteiger partial charge in [-0.25, -0.2) is 0 Å². The molecule has 1 heterocycles. The Hall–Kier alpha value is -1.81. The number of nitrogens with zero attached hydrogens (tertiary/aromatic N) is 1. The van der Waals surface area contributed by atoms with Gasteiger partial charge in [-0.05, 0) is 36.8 Å². The van der Waals surface area contributed by atoms with Crippen molar-refractivity contribution in [3.63, 3.8) is 0 Å². The van der Waals surface area contributed by atoms with Crippen molar-refractivity contribution >= 4 is 0 Å². The summed E-state index contributed by atoms with van der Waals surface area (Å²) in [5, 5.41) is 3.41. The van der Waals surface area contributed by atoms with Crippen LogP contribution in [0.2, 0.25) is 0 Å². The third kappa shape index (κ3) is 3.64. The Balaban J connectivity index is 1.68. The molecule has 1 aliphatic rings. The monoisotopic (exact) mass is 286 g/mol. The van der Waals surface area contributed by atoms with Crippen molar-refractivity contribution in [1.29, 1.82) is 0 Å². The van der Waals surface area contributed by atoms with Gasteiger partial charge in [-0.15, -0.1) is 0 Å². The average Bonchev–Trinajstić information content (AvgIpc) is 3.24. The lowest BCUT2D eigenvalue weighted by Gasteiger charge is -2.13. The van der Waals surface area contributed by atoms with Gasteiger partial charge in [0.25, 0.3) is 0 Å². The Morgan fingerprint density at radius 1 is 1.38 bits per heavy atom. The van der Waals surface area contributed by atoms with Crippen LogP contribution >= 0.6 is 0 Å². The molecule has 1 N–H and O–H groups in total. The molecule has 0 spiro atoms. The first-order valence-electron chi connectivity index (χ1n) is 7.70. The van der Waals surface area contributed by atoms with E-state index in [9.17, 15) is 0 Å². The molecule has 0 amide bonds. The topological polar surface area (TPSA) is 47.3 Å². The number of nitrogens with one attached hydrogen (secondary N) is 1. The Morgan fingerprint density at radius 2 is 2.19 bits per heavy atom. The Morgan fingerprint density at radius 3 is 2.95 bits per heavy atom. The fourth-order valence-electron chi connectivity index (χ4n) is 2.25. The largest absolute Gasteiger partial charge is 0.417 e. The summed E-state index contributed by atoms with van der Waals surface area (Å²) >= 11 is 0. The van der Waals surface area contributed by atoms with Crippen molar-refractivity contribution in [2.45, 2.75) is 51.6 Å². The van der Waals surface area contributed by atoms with Gasteiger partial charge < -0.3 is 14.5 Å². The second-order valence-electron chi connectivity index (χ2n) is 5.71. The molecule has 4 heteroatoms. The van der Waals surface area contributed by atoms with Crippen LogP contribution in [0, 0.1) is 0 Å². The van der Waals surface area contributed by atoms with E-state index < -0.39 is 0 Å². The van der Waals surface area contributed by atoms with Gasteiger partial charge in [-0.1, -0.05) is 32.0 Å². The van der Waals surface area contributed by atoms with Crippen LogP contribution in [0.25, 0.3) is 0 Å². The lowest BCUT2D eigenvalue weighted by molar-refractivity contribution is 0.327. The maximum Gasteiger partial charge on any atom is 0.399 e. The van der Waals surface area contributed by atoms with Crippen molar-refractivity contribution in [1.82, 2.24) is 10.3 Å². The van der Waals surface area contributed by atoms with E-state index in [2.05, 4.69) is 30.2 Å². The average molecular weight is 286 g/mol. The molecule has 21 heavy (non-hydrogen) atoms. The number of ether oxygens (including phenoxy) is 1. The van der Waals surface area contributed by atoms with Gasteiger partial charge in [0, 0.05) is 12.6 Å². The van der Waals surface area contributed by atoms with Gasteiger partial charge in [0.05, 0.1) is 5.69 Å². The van der Waals surface area contributed by atoms with Crippen LogP contribution in [0.5, 0.6) is 11.8 Å². The van der Waals surface area contributed by atoms with Crippen molar-refractivity contribution in [2.24, 2.45) is 0 Å². The Bertz CT molecular complexity index is 590. The molecule has 1 fully saturated rings. The Labute approximate surface area is 125 Å². The van der Waals surface area contributed by atoms with E-state index in [1.807, 2.05) is 18.2 Å². The zero-order valence-corrected chi connectivity index (χ0v) is 12.6. The lowest BCUT2D eigenvalue weighted by atomic mass is 9.98. The summed E-state index contributed by atoms with van der Waals surface area (Å²) in [6.45, 7) is 5.11. The van der Waals surface area contributed by atoms with E-state index in [1.165, 1.54) is 18.4 Å². The fourth-order valence-corrected chi connectivity index (χ4v) is 2.25. The number of benzene rings is 1. The highest BCUT2D eigenvalue weighted by Crippen LogP contribution is 2.31. The SMILES string of the molecule is CCC(C)c1ccccc1Oc1nc(CNC2CC2)co1. The molecule has 1 aromatic heterocycles. The molecule has 0 saturated heterocycles. The minimum absolute atomic E-state index is 0.318. The highest BCUT2D eigenvalue weighted by molar-refractivity contribution is 5.37. The summed E-state index contributed by atoms with van der Waals surface area (Å²) in [6.07, 6.45) is 5.59. The molecule has 1 saturated carbocycles. The molecular weight excluding hydrogens is 264 g/mol. The summed E-state index contributed by atoms with van der Waals surface area (Å²) in [6, 6.07) is 8.74. The summed E-state index contributed by atoms with van der Waals surface area (Å²) in [5.74, 6) is 1.28. The number of para-hydroxylation sites is 1. The first-order valence-corrected chi connectivity index (χ1v) is 7.70. The number of hydrogen-bond acceptors (Lipinski definition) is 4. The maximum absolute atomic E-state index is 5.83. The second kappa shape index (κ2) is 6.31. The zero-order valence-electron chi connectivity index (χ0n) is 12.6. The molecule has 0 radical (unpaired) electrons. The van der Waals surface area contributed by atoms with Crippen molar-refractivity contribution in [3.05, 3.63) is 41.8 Å². The molecule has 1 atom stereocenters. The lowest BCUT2D eigenvalue weighted by Crippen LogP contribution is -2.15. The predicted molar refractivity (Wildman–Crippen MR) is 81.6 cm³/mol. The normalized spacial score (nSPS) is 15.9. The molecule has 0 bridgehead atoms. The van der Waals surface area contributed by atoms with E-state index in [0.717, 1.165) is 24.4 Å². The van der Waals surface area contributed by atoms with Crippen LogP contribution in [-0.2, 0) is 6.54 Å². The number of oxazole rings is 1. The van der Waals surface area contributed by atoms with Crippen LogP contribution in [0.15, 0.2) is 34.9 Å². The van der Waals surface area contributed by atoms with Crippen LogP contribution in [0.4, 0.5) is 0 Å². The van der Waals surface area contributed by atoms with Gasteiger partial charge in [0.1, 0.15) is 12.0 Å². The van der Waals surface area contributed by atoms with Crippen LogP contribution in [0.3, 0.4) is 0 Å². The van der Waals surface area contributed by atoms with Crippen molar-refractivity contribution < 1.29 is 9.15 Å². The predicted octanol–water partition coefficient (Wildman–Crippen LogP) is 4.23.